The summed E-state index contributed by atoms with van der Waals surface area (Å²) < 4.78 is 5.32. The molecule has 1 aromatic carbocycles. The average molecular weight is 416 g/mol. The number of pyridine rings is 1. The summed E-state index contributed by atoms with van der Waals surface area (Å²) >= 11 is 7.42. The zero-order valence-corrected chi connectivity index (χ0v) is 17.5. The number of nitrogens with two attached hydrogens (primary N) is 1. The van der Waals surface area contributed by atoms with Crippen molar-refractivity contribution in [3.8, 4) is 5.75 Å². The van der Waals surface area contributed by atoms with E-state index in [1.165, 1.54) is 28.9 Å². The van der Waals surface area contributed by atoms with E-state index in [2.05, 4.69) is 12.2 Å². The number of rotatable bonds is 4. The van der Waals surface area contributed by atoms with Crippen molar-refractivity contribution in [1.82, 2.24) is 4.98 Å². The van der Waals surface area contributed by atoms with E-state index >= 15 is 0 Å². The molecule has 0 fully saturated rings. The maximum Gasteiger partial charge on any atom is 0.268 e. The van der Waals surface area contributed by atoms with Crippen molar-refractivity contribution < 1.29 is 9.53 Å². The van der Waals surface area contributed by atoms with E-state index < -0.39 is 0 Å². The van der Waals surface area contributed by atoms with Gasteiger partial charge in [0, 0.05) is 16.1 Å². The van der Waals surface area contributed by atoms with Crippen LogP contribution in [0.3, 0.4) is 0 Å². The number of thiophene rings is 1. The highest BCUT2D eigenvalue weighted by molar-refractivity contribution is 7.21. The van der Waals surface area contributed by atoms with Crippen molar-refractivity contribution in [3.63, 3.8) is 0 Å². The number of aryl methyl sites for hydroxylation is 2. The number of nitrogens with one attached hydrogen (secondary N) is 1. The topological polar surface area (TPSA) is 77.2 Å². The van der Waals surface area contributed by atoms with Crippen molar-refractivity contribution in [1.29, 1.82) is 0 Å². The summed E-state index contributed by atoms with van der Waals surface area (Å²) in [5.41, 5.74) is 11.2. The average Bonchev–Trinajstić information content (AvgIpc) is 3.04. The molecule has 2 heterocycles. The molecular weight excluding hydrogens is 394 g/mol. The monoisotopic (exact) mass is 415 g/mol. The molecule has 0 saturated carbocycles. The van der Waals surface area contributed by atoms with Crippen molar-refractivity contribution >= 4 is 50.4 Å². The molecule has 0 unspecified atom stereocenters. The summed E-state index contributed by atoms with van der Waals surface area (Å²) in [5.74, 6) is 0.268. The molecule has 0 radical (unpaired) electrons. The van der Waals surface area contributed by atoms with Crippen molar-refractivity contribution in [3.05, 3.63) is 44.9 Å². The number of anilines is 2. The first-order valence-corrected chi connectivity index (χ1v) is 10.6. The molecule has 146 valence electrons. The second-order valence-electron chi connectivity index (χ2n) is 6.90. The molecule has 0 saturated heterocycles. The van der Waals surface area contributed by atoms with Gasteiger partial charge in [-0.05, 0) is 61.4 Å². The van der Waals surface area contributed by atoms with E-state index in [-0.39, 0.29) is 5.91 Å². The molecule has 1 aliphatic carbocycles. The van der Waals surface area contributed by atoms with Gasteiger partial charge >= 0.3 is 0 Å². The van der Waals surface area contributed by atoms with Gasteiger partial charge in [-0.3, -0.25) is 4.79 Å². The number of ether oxygens (including phenoxy) is 1. The Hall–Kier alpha value is -2.31. The molecular formula is C21H22ClN3O2S. The van der Waals surface area contributed by atoms with Gasteiger partial charge < -0.3 is 15.8 Å². The molecule has 28 heavy (non-hydrogen) atoms. The van der Waals surface area contributed by atoms with Crippen LogP contribution in [-0.4, -0.2) is 18.0 Å². The lowest BCUT2D eigenvalue weighted by molar-refractivity contribution is 0.103. The number of amides is 1. The summed E-state index contributed by atoms with van der Waals surface area (Å²) in [5, 5.41) is 4.36. The molecule has 0 aliphatic heterocycles. The number of carbonyl (C=O) groups excluding carboxylic acids is 1. The first-order chi connectivity index (χ1) is 13.5. The molecule has 1 aliphatic rings. The zero-order valence-electron chi connectivity index (χ0n) is 15.9. The van der Waals surface area contributed by atoms with Gasteiger partial charge in [0.15, 0.2) is 0 Å². The van der Waals surface area contributed by atoms with Gasteiger partial charge in [0.05, 0.1) is 18.5 Å². The Morgan fingerprint density at radius 1 is 1.32 bits per heavy atom. The third kappa shape index (κ3) is 3.20. The number of aromatic nitrogens is 1. The summed E-state index contributed by atoms with van der Waals surface area (Å²) in [6.07, 6.45) is 5.24. The molecule has 0 atom stereocenters. The van der Waals surface area contributed by atoms with Gasteiger partial charge in [-0.2, -0.15) is 0 Å². The summed E-state index contributed by atoms with van der Waals surface area (Å²) in [6.45, 7) is 2.12. The maximum atomic E-state index is 13.0. The number of hydrogen-bond acceptors (Lipinski definition) is 5. The third-order valence-corrected chi connectivity index (χ3v) is 6.57. The zero-order chi connectivity index (χ0) is 19.8. The Morgan fingerprint density at radius 2 is 2.07 bits per heavy atom. The fourth-order valence-electron chi connectivity index (χ4n) is 3.91. The normalized spacial score (nSPS) is 13.4. The van der Waals surface area contributed by atoms with Crippen molar-refractivity contribution in [2.45, 2.75) is 39.0 Å². The third-order valence-electron chi connectivity index (χ3n) is 5.23. The molecule has 3 aromatic rings. The van der Waals surface area contributed by atoms with Crippen LogP contribution < -0.4 is 15.8 Å². The lowest BCUT2D eigenvalue weighted by atomic mass is 9.88. The minimum atomic E-state index is -0.274. The number of hydrogen-bond donors (Lipinski definition) is 2. The number of nitrogen functional groups attached to an aromatic ring is 1. The number of carbonyl (C=O) groups is 1. The van der Waals surface area contributed by atoms with Crippen molar-refractivity contribution in [2.75, 3.05) is 18.2 Å². The highest BCUT2D eigenvalue weighted by Gasteiger charge is 2.25. The molecule has 3 N–H and O–H groups in total. The van der Waals surface area contributed by atoms with Crippen LogP contribution in [0, 0.1) is 0 Å². The molecule has 1 amide bonds. The Bertz CT molecular complexity index is 1080. The Kier molecular flexibility index (Phi) is 5.17. The molecule has 4 rings (SSSR count). The van der Waals surface area contributed by atoms with Crippen LogP contribution in [0.2, 0.25) is 5.02 Å². The highest BCUT2D eigenvalue weighted by atomic mass is 35.5. The fourth-order valence-corrected chi connectivity index (χ4v) is 5.12. The minimum Gasteiger partial charge on any atom is -0.495 e. The quantitative estimate of drug-likeness (QED) is 0.611. The van der Waals surface area contributed by atoms with Crippen LogP contribution >= 0.6 is 22.9 Å². The first kappa shape index (κ1) is 19.0. The number of nitrogens with zero attached hydrogens (tertiary/aromatic N) is 1. The van der Waals surface area contributed by atoms with Crippen LogP contribution in [-0.2, 0) is 19.3 Å². The van der Waals surface area contributed by atoms with Gasteiger partial charge in [0.1, 0.15) is 15.5 Å². The van der Waals surface area contributed by atoms with E-state index in [4.69, 9.17) is 27.1 Å². The van der Waals surface area contributed by atoms with E-state index in [0.29, 0.717) is 27.0 Å². The smallest absolute Gasteiger partial charge is 0.268 e. The highest BCUT2D eigenvalue weighted by Crippen LogP contribution is 2.40. The second-order valence-corrected chi connectivity index (χ2v) is 8.34. The van der Waals surface area contributed by atoms with Gasteiger partial charge in [-0.25, -0.2) is 4.98 Å². The SMILES string of the molecule is CCc1nc2sc(C(=O)Nc3cc(Cl)ccc3OC)c(N)c2c2c1CCCC2. The minimum absolute atomic E-state index is 0.274. The predicted molar refractivity (Wildman–Crippen MR) is 116 cm³/mol. The maximum absolute atomic E-state index is 13.0. The first-order valence-electron chi connectivity index (χ1n) is 9.41. The van der Waals surface area contributed by atoms with Gasteiger partial charge in [-0.15, -0.1) is 11.3 Å². The van der Waals surface area contributed by atoms with Gasteiger partial charge in [-0.1, -0.05) is 18.5 Å². The summed E-state index contributed by atoms with van der Waals surface area (Å²) in [4.78, 5) is 19.2. The van der Waals surface area contributed by atoms with Gasteiger partial charge in [0.25, 0.3) is 5.91 Å². The van der Waals surface area contributed by atoms with Crippen LogP contribution in [0.25, 0.3) is 10.2 Å². The van der Waals surface area contributed by atoms with E-state index in [1.54, 1.807) is 25.3 Å². The molecule has 7 heteroatoms. The lowest BCUT2D eigenvalue weighted by Crippen LogP contribution is -2.13. The molecule has 0 spiro atoms. The van der Waals surface area contributed by atoms with Crippen LogP contribution in [0.1, 0.15) is 46.3 Å². The molecule has 2 aromatic heterocycles. The second kappa shape index (κ2) is 7.60. The number of methoxy groups -OCH3 is 1. The predicted octanol–water partition coefficient (Wildman–Crippen LogP) is 5.23. The van der Waals surface area contributed by atoms with E-state index in [9.17, 15) is 4.79 Å². The Morgan fingerprint density at radius 3 is 2.79 bits per heavy atom. The van der Waals surface area contributed by atoms with E-state index in [0.717, 1.165) is 41.6 Å². The van der Waals surface area contributed by atoms with Crippen molar-refractivity contribution in [2.24, 2.45) is 0 Å². The van der Waals surface area contributed by atoms with Crippen LogP contribution in [0.15, 0.2) is 18.2 Å². The number of fused-ring (bicyclic) bond motifs is 3. The largest absolute Gasteiger partial charge is 0.495 e. The van der Waals surface area contributed by atoms with Crippen LogP contribution in [0.5, 0.6) is 5.75 Å². The standard InChI is InChI=1S/C21H22ClN3O2S/c1-3-14-12-6-4-5-7-13(12)17-18(23)19(28-21(17)25-14)20(26)24-15-10-11(22)8-9-16(15)27-2/h8-10H,3-7,23H2,1-2H3,(H,24,26). The van der Waals surface area contributed by atoms with Crippen LogP contribution in [0.4, 0.5) is 11.4 Å². The summed E-state index contributed by atoms with van der Waals surface area (Å²) in [7, 11) is 1.55. The molecule has 0 bridgehead atoms. The van der Waals surface area contributed by atoms with Gasteiger partial charge in [0.2, 0.25) is 0 Å². The lowest BCUT2D eigenvalue weighted by Gasteiger charge is -2.19. The summed E-state index contributed by atoms with van der Waals surface area (Å²) in [6, 6.07) is 5.10. The number of halogens is 1. The Labute approximate surface area is 172 Å². The Balaban J connectivity index is 1.78. The van der Waals surface area contributed by atoms with E-state index in [1.807, 2.05) is 0 Å². The number of benzene rings is 1. The fraction of sp³-hybridized carbons (Fsp3) is 0.333. The molecule has 5 nitrogen and oxygen atoms in total.